The van der Waals surface area contributed by atoms with E-state index in [4.69, 9.17) is 18.9 Å². The van der Waals surface area contributed by atoms with Gasteiger partial charge in [-0.15, -0.1) is 0 Å². The molecule has 3 aliphatic heterocycles. The van der Waals surface area contributed by atoms with Crippen LogP contribution in [0.15, 0.2) is 12.2 Å². The third-order valence-electron chi connectivity index (χ3n) is 6.97. The summed E-state index contributed by atoms with van der Waals surface area (Å²) in [5, 5.41) is 11.8. The minimum atomic E-state index is -1.51. The standard InChI is InChI=1S/C17H20O7/c1-6(2)8-9-14(19)23-10(8)11(22-7(3)18)15(4)16(5-21-16)12-13(24-12)17(9,15)20/h8-13,20H,1,5H2,2-4H3/t8-,9+,10-,11+,12+,13-,15-,16+,17-/m1/s1. The van der Waals surface area contributed by atoms with Crippen molar-refractivity contribution in [1.82, 2.24) is 0 Å². The number of esters is 2. The van der Waals surface area contributed by atoms with Crippen LogP contribution in [-0.4, -0.2) is 59.3 Å². The van der Waals surface area contributed by atoms with Crippen LogP contribution < -0.4 is 0 Å². The van der Waals surface area contributed by atoms with E-state index in [1.165, 1.54) is 6.92 Å². The number of hydrogen-bond acceptors (Lipinski definition) is 7. The van der Waals surface area contributed by atoms with Gasteiger partial charge in [0.2, 0.25) is 0 Å². The number of epoxide rings is 2. The van der Waals surface area contributed by atoms with Gasteiger partial charge in [-0.25, -0.2) is 0 Å². The molecule has 0 radical (unpaired) electrons. The molecule has 5 rings (SSSR count). The highest BCUT2D eigenvalue weighted by Crippen LogP contribution is 2.76. The topological polar surface area (TPSA) is 97.9 Å². The van der Waals surface area contributed by atoms with Crippen molar-refractivity contribution in [2.24, 2.45) is 17.3 Å². The summed E-state index contributed by atoms with van der Waals surface area (Å²) in [4.78, 5) is 24.4. The second-order valence-corrected chi connectivity index (χ2v) is 7.96. The lowest BCUT2D eigenvalue weighted by molar-refractivity contribution is -0.241. The monoisotopic (exact) mass is 336 g/mol. The van der Waals surface area contributed by atoms with Crippen LogP contribution in [0.3, 0.4) is 0 Å². The molecule has 2 bridgehead atoms. The first-order chi connectivity index (χ1) is 11.2. The Bertz CT molecular complexity index is 697. The van der Waals surface area contributed by atoms with Crippen molar-refractivity contribution in [2.45, 2.75) is 56.4 Å². The van der Waals surface area contributed by atoms with Gasteiger partial charge < -0.3 is 24.1 Å². The third kappa shape index (κ3) is 1.24. The van der Waals surface area contributed by atoms with Crippen molar-refractivity contribution in [3.63, 3.8) is 0 Å². The summed E-state index contributed by atoms with van der Waals surface area (Å²) in [5.41, 5.74) is -2.48. The van der Waals surface area contributed by atoms with E-state index in [0.717, 1.165) is 5.57 Å². The molecule has 24 heavy (non-hydrogen) atoms. The van der Waals surface area contributed by atoms with Crippen LogP contribution in [0.25, 0.3) is 0 Å². The number of hydrogen-bond donors (Lipinski definition) is 1. The second kappa shape index (κ2) is 3.86. The summed E-state index contributed by atoms with van der Waals surface area (Å²) < 4.78 is 22.6. The highest BCUT2D eigenvalue weighted by molar-refractivity contribution is 5.80. The van der Waals surface area contributed by atoms with Gasteiger partial charge in [-0.05, 0) is 13.8 Å². The SMILES string of the molecule is C=C(C)[C@H]1[C@H]2OC(=O)[C@H]1[C@@]1(O)[C@@H]3O[C@@H]3[C@@]3(CO3)[C@@]1(C)[C@H]2OC(C)=O. The maximum Gasteiger partial charge on any atom is 0.313 e. The average molecular weight is 336 g/mol. The molecule has 3 saturated heterocycles. The smallest absolute Gasteiger partial charge is 0.313 e. The van der Waals surface area contributed by atoms with Gasteiger partial charge in [0.15, 0.2) is 6.10 Å². The third-order valence-corrected chi connectivity index (χ3v) is 6.97. The Labute approximate surface area is 138 Å². The number of rotatable bonds is 2. The second-order valence-electron chi connectivity index (χ2n) is 7.96. The molecule has 5 aliphatic rings. The molecule has 9 atom stereocenters. The predicted molar refractivity (Wildman–Crippen MR) is 77.6 cm³/mol. The Morgan fingerprint density at radius 2 is 2.04 bits per heavy atom. The molecule has 0 unspecified atom stereocenters. The van der Waals surface area contributed by atoms with E-state index >= 15 is 0 Å². The predicted octanol–water partition coefficient (Wildman–Crippen LogP) is -0.0470. The van der Waals surface area contributed by atoms with Crippen LogP contribution in [0, 0.1) is 17.3 Å². The van der Waals surface area contributed by atoms with Crippen LogP contribution in [0.2, 0.25) is 0 Å². The minimum Gasteiger partial charge on any atom is -0.458 e. The lowest BCUT2D eigenvalue weighted by atomic mass is 9.52. The molecule has 7 heteroatoms. The molecule has 0 amide bonds. The summed E-state index contributed by atoms with van der Waals surface area (Å²) in [6.45, 7) is 9.33. The molecular formula is C17H20O7. The molecule has 0 aromatic carbocycles. The van der Waals surface area contributed by atoms with Crippen LogP contribution in [-0.2, 0) is 28.5 Å². The van der Waals surface area contributed by atoms with Gasteiger partial charge in [0.1, 0.15) is 29.5 Å². The van der Waals surface area contributed by atoms with Gasteiger partial charge in [0.25, 0.3) is 0 Å². The fourth-order valence-electron chi connectivity index (χ4n) is 5.82. The highest BCUT2D eigenvalue weighted by atomic mass is 16.7. The molecule has 1 spiro atoms. The summed E-state index contributed by atoms with van der Waals surface area (Å²) >= 11 is 0. The molecule has 0 aromatic rings. The number of ether oxygens (including phenoxy) is 4. The summed E-state index contributed by atoms with van der Waals surface area (Å²) in [6, 6.07) is 0. The van der Waals surface area contributed by atoms with Gasteiger partial charge in [-0.2, -0.15) is 0 Å². The first kappa shape index (κ1) is 14.9. The molecule has 3 heterocycles. The zero-order valence-corrected chi connectivity index (χ0v) is 13.8. The Hall–Kier alpha value is -1.44. The average Bonchev–Trinajstić information content (AvgIpc) is 3.35. The van der Waals surface area contributed by atoms with E-state index in [2.05, 4.69) is 6.58 Å². The van der Waals surface area contributed by atoms with E-state index in [-0.39, 0.29) is 6.10 Å². The Morgan fingerprint density at radius 1 is 1.38 bits per heavy atom. The number of carbonyl (C=O) groups is 2. The van der Waals surface area contributed by atoms with Crippen molar-refractivity contribution in [1.29, 1.82) is 0 Å². The maximum atomic E-state index is 12.6. The highest BCUT2D eigenvalue weighted by Gasteiger charge is 2.95. The van der Waals surface area contributed by atoms with E-state index in [9.17, 15) is 14.7 Å². The van der Waals surface area contributed by atoms with Crippen LogP contribution in [0.1, 0.15) is 20.8 Å². The molecule has 2 aliphatic carbocycles. The minimum absolute atomic E-state index is 0.275. The fraction of sp³-hybridized carbons (Fsp3) is 0.765. The van der Waals surface area contributed by atoms with Crippen molar-refractivity contribution in [2.75, 3.05) is 6.61 Å². The molecule has 7 nitrogen and oxygen atoms in total. The molecule has 1 N–H and O–H groups in total. The molecule has 0 aromatic heterocycles. The summed E-state index contributed by atoms with van der Waals surface area (Å²) in [5.74, 6) is -2.17. The van der Waals surface area contributed by atoms with E-state index in [1.807, 2.05) is 6.92 Å². The Kier molecular flexibility index (Phi) is 2.39. The maximum absolute atomic E-state index is 12.6. The van der Waals surface area contributed by atoms with Crippen molar-refractivity contribution < 1.29 is 33.6 Å². The van der Waals surface area contributed by atoms with E-state index < -0.39 is 58.7 Å². The van der Waals surface area contributed by atoms with Crippen molar-refractivity contribution >= 4 is 11.9 Å². The van der Waals surface area contributed by atoms with Crippen molar-refractivity contribution in [3.8, 4) is 0 Å². The zero-order valence-electron chi connectivity index (χ0n) is 13.8. The quantitative estimate of drug-likeness (QED) is 0.429. The van der Waals surface area contributed by atoms with E-state index in [0.29, 0.717) is 6.61 Å². The van der Waals surface area contributed by atoms with Gasteiger partial charge in [0.05, 0.1) is 17.9 Å². The van der Waals surface area contributed by atoms with Gasteiger partial charge in [0, 0.05) is 12.8 Å². The first-order valence-corrected chi connectivity index (χ1v) is 8.25. The normalized spacial score (nSPS) is 58.8. The van der Waals surface area contributed by atoms with Crippen LogP contribution in [0.4, 0.5) is 0 Å². The fourth-order valence-corrected chi connectivity index (χ4v) is 5.82. The summed E-state index contributed by atoms with van der Waals surface area (Å²) in [7, 11) is 0. The molecular weight excluding hydrogens is 316 g/mol. The summed E-state index contributed by atoms with van der Waals surface area (Å²) in [6.07, 6.45) is -2.25. The lowest BCUT2D eigenvalue weighted by Crippen LogP contribution is -2.71. The largest absolute Gasteiger partial charge is 0.458 e. The molecule has 2 saturated carbocycles. The Balaban J connectivity index is 1.74. The number of fused-ring (bicyclic) bond motifs is 8. The number of aliphatic hydroxyl groups is 1. The van der Waals surface area contributed by atoms with E-state index in [1.54, 1.807) is 6.92 Å². The molecule has 5 fully saturated rings. The van der Waals surface area contributed by atoms with Gasteiger partial charge >= 0.3 is 11.9 Å². The Morgan fingerprint density at radius 3 is 2.58 bits per heavy atom. The number of carbonyl (C=O) groups excluding carboxylic acids is 2. The van der Waals surface area contributed by atoms with Crippen LogP contribution >= 0.6 is 0 Å². The van der Waals surface area contributed by atoms with Crippen molar-refractivity contribution in [3.05, 3.63) is 12.2 Å². The first-order valence-electron chi connectivity index (χ1n) is 8.25. The lowest BCUT2D eigenvalue weighted by Gasteiger charge is -2.54. The zero-order chi connectivity index (χ0) is 17.2. The molecule has 130 valence electrons. The van der Waals surface area contributed by atoms with Gasteiger partial charge in [-0.1, -0.05) is 12.2 Å². The van der Waals surface area contributed by atoms with Crippen LogP contribution in [0.5, 0.6) is 0 Å². The van der Waals surface area contributed by atoms with Gasteiger partial charge in [-0.3, -0.25) is 9.59 Å².